The Morgan fingerprint density at radius 3 is 2.53 bits per heavy atom. The maximum atomic E-state index is 12.5. The highest BCUT2D eigenvalue weighted by Crippen LogP contribution is 2.32. The molecule has 0 saturated heterocycles. The van der Waals surface area contributed by atoms with E-state index in [2.05, 4.69) is 15.6 Å². The zero-order valence-electron chi connectivity index (χ0n) is 18.9. The zero-order valence-corrected chi connectivity index (χ0v) is 18.9. The Hall–Kier alpha value is -3.71. The predicted molar refractivity (Wildman–Crippen MR) is 117 cm³/mol. The molecule has 0 bridgehead atoms. The van der Waals surface area contributed by atoms with Crippen LogP contribution in [-0.4, -0.2) is 62.9 Å². The minimum Gasteiger partial charge on any atom is -0.481 e. The van der Waals surface area contributed by atoms with E-state index in [1.807, 2.05) is 0 Å². The van der Waals surface area contributed by atoms with Crippen LogP contribution in [0, 0.1) is 5.92 Å². The molecule has 3 amide bonds. The molecule has 0 radical (unpaired) electrons. The van der Waals surface area contributed by atoms with Crippen LogP contribution in [0.5, 0.6) is 5.75 Å². The minimum atomic E-state index is -1.62. The van der Waals surface area contributed by atoms with Gasteiger partial charge in [-0.05, 0) is 57.7 Å². The summed E-state index contributed by atoms with van der Waals surface area (Å²) in [5.74, 6) is -4.59. The number of carboxylic acid groups (broad SMARTS) is 1. The van der Waals surface area contributed by atoms with Crippen LogP contribution in [0.3, 0.4) is 0 Å². The number of aliphatic imine (C=N–C) groups is 1. The molecule has 0 saturated carbocycles. The molecule has 6 N–H and O–H groups in total. The third kappa shape index (κ3) is 5.99. The van der Waals surface area contributed by atoms with Gasteiger partial charge in [0, 0.05) is 0 Å². The van der Waals surface area contributed by atoms with Crippen molar-refractivity contribution in [3.63, 3.8) is 0 Å². The third-order valence-electron chi connectivity index (χ3n) is 5.00. The summed E-state index contributed by atoms with van der Waals surface area (Å²) < 4.78 is 5.74. The number of nitrogens with two attached hydrogens (primary N) is 1. The second kappa shape index (κ2) is 9.65. The molecule has 2 unspecified atom stereocenters. The summed E-state index contributed by atoms with van der Waals surface area (Å²) >= 11 is 0. The van der Waals surface area contributed by atoms with Gasteiger partial charge in [0.1, 0.15) is 17.7 Å². The number of fused-ring (bicyclic) bond motifs is 1. The number of hydrogen-bond acceptors (Lipinski definition) is 9. The molecule has 2 heterocycles. The highest BCUT2D eigenvalue weighted by molar-refractivity contribution is 6.04. The summed E-state index contributed by atoms with van der Waals surface area (Å²) in [6.07, 6.45) is -0.637. The second-order valence-corrected chi connectivity index (χ2v) is 8.93. The van der Waals surface area contributed by atoms with Crippen LogP contribution in [0.1, 0.15) is 39.2 Å². The second-order valence-electron chi connectivity index (χ2n) is 8.93. The molecule has 13 nitrogen and oxygen atoms in total. The van der Waals surface area contributed by atoms with Crippen LogP contribution in [0.15, 0.2) is 23.2 Å². The highest BCUT2D eigenvalue weighted by atomic mass is 16.9. The standard InChI is InChI=1S/C21H27N5O8/c1-21(2,3)34-26(32)18(29)11(19(30)31)8-10-4-6-14-13(9-10)23-17(28)15(33-14)7-5-12-16(27)25-20(22)24-12/h4,6,9,11-12,15,32H,5,7-8H2,1-3H3,(H,23,28)(H,30,31)(H3,22,24,25,27)/t11-,12?,15?/m0/s1. The fourth-order valence-corrected chi connectivity index (χ4v) is 3.44. The number of nitrogens with zero attached hydrogens (tertiary/aromatic N) is 2. The maximum Gasteiger partial charge on any atom is 0.316 e. The summed E-state index contributed by atoms with van der Waals surface area (Å²) in [6, 6.07) is 3.91. The molecule has 1 aromatic carbocycles. The fourth-order valence-electron chi connectivity index (χ4n) is 3.44. The number of hydroxylamine groups is 2. The topological polar surface area (TPSA) is 193 Å². The predicted octanol–water partition coefficient (Wildman–Crippen LogP) is 0.171. The van der Waals surface area contributed by atoms with Crippen LogP contribution in [0.2, 0.25) is 0 Å². The molecule has 2 aliphatic heterocycles. The maximum absolute atomic E-state index is 12.5. The Labute approximate surface area is 194 Å². The van der Waals surface area contributed by atoms with Gasteiger partial charge in [-0.3, -0.25) is 29.7 Å². The number of guanidine groups is 1. The number of carbonyl (C=O) groups is 4. The summed E-state index contributed by atoms with van der Waals surface area (Å²) in [6.45, 7) is 4.76. The van der Waals surface area contributed by atoms with E-state index in [1.54, 1.807) is 32.9 Å². The van der Waals surface area contributed by atoms with E-state index < -0.39 is 41.4 Å². The van der Waals surface area contributed by atoms with E-state index in [0.29, 0.717) is 17.0 Å². The Balaban J connectivity index is 1.66. The van der Waals surface area contributed by atoms with Gasteiger partial charge in [-0.15, -0.1) is 0 Å². The van der Waals surface area contributed by atoms with E-state index in [1.165, 1.54) is 6.07 Å². The van der Waals surface area contributed by atoms with Gasteiger partial charge in [-0.2, -0.15) is 0 Å². The van der Waals surface area contributed by atoms with Gasteiger partial charge >= 0.3 is 5.97 Å². The number of carboxylic acids is 1. The Morgan fingerprint density at radius 2 is 1.94 bits per heavy atom. The molecule has 0 aliphatic carbocycles. The molecule has 184 valence electrons. The van der Waals surface area contributed by atoms with Gasteiger partial charge in [-0.25, -0.2) is 9.83 Å². The number of ether oxygens (including phenoxy) is 1. The lowest BCUT2D eigenvalue weighted by Gasteiger charge is -2.27. The number of benzene rings is 1. The van der Waals surface area contributed by atoms with Gasteiger partial charge in [0.2, 0.25) is 0 Å². The van der Waals surface area contributed by atoms with Crippen molar-refractivity contribution < 1.29 is 39.1 Å². The quantitative estimate of drug-likeness (QED) is 0.197. The van der Waals surface area contributed by atoms with Gasteiger partial charge in [0.25, 0.3) is 17.7 Å². The average molecular weight is 477 g/mol. The fraction of sp³-hybridized carbons (Fsp3) is 0.476. The molecule has 0 fully saturated rings. The Bertz CT molecular complexity index is 1030. The van der Waals surface area contributed by atoms with Crippen LogP contribution in [0.4, 0.5) is 5.69 Å². The van der Waals surface area contributed by atoms with Crippen LogP contribution in [0.25, 0.3) is 0 Å². The highest BCUT2D eigenvalue weighted by Gasteiger charge is 2.35. The smallest absolute Gasteiger partial charge is 0.316 e. The number of hydrogen-bond donors (Lipinski definition) is 5. The third-order valence-corrected chi connectivity index (χ3v) is 5.00. The minimum absolute atomic E-state index is 0.0364. The number of nitrogens with one attached hydrogen (secondary N) is 2. The summed E-state index contributed by atoms with van der Waals surface area (Å²) in [5.41, 5.74) is 5.28. The van der Waals surface area contributed by atoms with E-state index >= 15 is 0 Å². The molecule has 0 spiro atoms. The van der Waals surface area contributed by atoms with Crippen molar-refractivity contribution in [1.82, 2.24) is 10.5 Å². The average Bonchev–Trinajstić information content (AvgIpc) is 3.05. The van der Waals surface area contributed by atoms with Crippen molar-refractivity contribution in [3.05, 3.63) is 23.8 Å². The molecular formula is C21H27N5O8. The largest absolute Gasteiger partial charge is 0.481 e. The molecule has 34 heavy (non-hydrogen) atoms. The summed E-state index contributed by atoms with van der Waals surface area (Å²) in [5, 5.41) is 24.4. The van der Waals surface area contributed by atoms with Gasteiger partial charge in [0.15, 0.2) is 12.1 Å². The van der Waals surface area contributed by atoms with E-state index in [4.69, 9.17) is 15.3 Å². The van der Waals surface area contributed by atoms with E-state index in [-0.39, 0.29) is 36.4 Å². The zero-order chi connectivity index (χ0) is 25.2. The lowest BCUT2D eigenvalue weighted by Crippen LogP contribution is -2.42. The van der Waals surface area contributed by atoms with Crippen LogP contribution >= 0.6 is 0 Å². The molecule has 3 rings (SSSR count). The lowest BCUT2D eigenvalue weighted by atomic mass is 9.97. The van der Waals surface area contributed by atoms with Crippen molar-refractivity contribution in [2.75, 3.05) is 5.32 Å². The number of rotatable bonds is 8. The van der Waals surface area contributed by atoms with E-state index in [9.17, 15) is 29.5 Å². The lowest BCUT2D eigenvalue weighted by molar-refractivity contribution is -0.353. The number of anilines is 1. The summed E-state index contributed by atoms with van der Waals surface area (Å²) in [4.78, 5) is 57.3. The first-order valence-electron chi connectivity index (χ1n) is 10.5. The normalized spacial score (nSPS) is 20.4. The molecular weight excluding hydrogens is 450 g/mol. The van der Waals surface area contributed by atoms with Crippen molar-refractivity contribution >= 4 is 35.3 Å². The SMILES string of the molecule is CC(C)(C)ON(O)C(=O)[C@H](Cc1ccc2c(c1)NC(=O)C(CCC1N=C(N)NC1=O)O2)C(=O)O. The number of aliphatic carboxylic acids is 1. The molecule has 0 aromatic heterocycles. The van der Waals surface area contributed by atoms with Gasteiger partial charge in [-0.1, -0.05) is 11.3 Å². The first-order chi connectivity index (χ1) is 15.8. The van der Waals surface area contributed by atoms with Crippen molar-refractivity contribution in [3.8, 4) is 5.75 Å². The van der Waals surface area contributed by atoms with E-state index in [0.717, 1.165) is 0 Å². The number of carbonyl (C=O) groups excluding carboxylic acids is 3. The first-order valence-corrected chi connectivity index (χ1v) is 10.5. The molecule has 2 aliphatic rings. The molecule has 13 heteroatoms. The molecule has 3 atom stereocenters. The Kier molecular flexibility index (Phi) is 7.07. The van der Waals surface area contributed by atoms with Crippen LogP contribution < -0.4 is 21.1 Å². The molecule has 1 aromatic rings. The monoisotopic (exact) mass is 477 g/mol. The van der Waals surface area contributed by atoms with Crippen LogP contribution in [-0.2, 0) is 30.4 Å². The number of amides is 3. The van der Waals surface area contributed by atoms with Crippen molar-refractivity contribution in [1.29, 1.82) is 0 Å². The van der Waals surface area contributed by atoms with Gasteiger partial charge in [0.05, 0.1) is 11.3 Å². The van der Waals surface area contributed by atoms with Gasteiger partial charge < -0.3 is 20.9 Å². The first kappa shape index (κ1) is 24.9. The van der Waals surface area contributed by atoms with Crippen molar-refractivity contribution in [2.24, 2.45) is 16.6 Å². The summed E-state index contributed by atoms with van der Waals surface area (Å²) in [7, 11) is 0. The Morgan fingerprint density at radius 1 is 1.24 bits per heavy atom. The van der Waals surface area contributed by atoms with Crippen molar-refractivity contribution in [2.45, 2.75) is 57.8 Å².